The maximum Gasteiger partial charge on any atom is 0.284 e. The first-order valence-corrected chi connectivity index (χ1v) is 9.23. The molecule has 0 aliphatic carbocycles. The van der Waals surface area contributed by atoms with Gasteiger partial charge in [-0.25, -0.2) is 0 Å². The molecule has 1 aromatic heterocycles. The fourth-order valence-corrected chi connectivity index (χ4v) is 4.70. The molecule has 2 atom stereocenters. The lowest BCUT2D eigenvalue weighted by atomic mass is 10.1. The number of furan rings is 1. The molecule has 21 heavy (non-hydrogen) atoms. The summed E-state index contributed by atoms with van der Waals surface area (Å²) in [6.07, 6.45) is 1.06. The predicted molar refractivity (Wildman–Crippen MR) is 81.9 cm³/mol. The summed E-state index contributed by atoms with van der Waals surface area (Å²) in [5.74, 6) is 0.495. The van der Waals surface area contributed by atoms with Crippen LogP contribution in [0.2, 0.25) is 0 Å². The Kier molecular flexibility index (Phi) is 5.48. The predicted octanol–water partition coefficient (Wildman–Crippen LogP) is 3.44. The number of alkyl halides is 2. The first-order valence-electron chi connectivity index (χ1n) is 7.13. The van der Waals surface area contributed by atoms with E-state index in [4.69, 9.17) is 9.15 Å². The van der Waals surface area contributed by atoms with Crippen LogP contribution >= 0.6 is 23.5 Å². The Morgan fingerprint density at radius 3 is 3.10 bits per heavy atom. The van der Waals surface area contributed by atoms with Gasteiger partial charge in [-0.15, -0.1) is 0 Å². The van der Waals surface area contributed by atoms with Gasteiger partial charge in [-0.1, -0.05) is 11.8 Å². The summed E-state index contributed by atoms with van der Waals surface area (Å²) >= 11 is 2.60. The molecule has 3 heterocycles. The minimum Gasteiger partial charge on any atom is -0.464 e. The number of thioether (sulfide) groups is 2. The first-order chi connectivity index (χ1) is 10.2. The van der Waals surface area contributed by atoms with E-state index in [9.17, 15) is 8.78 Å². The van der Waals surface area contributed by atoms with E-state index in [1.807, 2.05) is 23.9 Å². The van der Waals surface area contributed by atoms with Crippen molar-refractivity contribution in [2.75, 3.05) is 25.5 Å². The number of hydrogen-bond donors (Lipinski definition) is 0. The molecule has 0 aromatic carbocycles. The zero-order chi connectivity index (χ0) is 14.7. The van der Waals surface area contributed by atoms with Crippen LogP contribution in [0.15, 0.2) is 16.5 Å². The van der Waals surface area contributed by atoms with Gasteiger partial charge in [0.1, 0.15) is 11.5 Å². The highest BCUT2D eigenvalue weighted by atomic mass is 32.2. The van der Waals surface area contributed by atoms with Crippen LogP contribution in [-0.2, 0) is 17.0 Å². The summed E-state index contributed by atoms with van der Waals surface area (Å²) in [5.41, 5.74) is 0. The molecule has 3 nitrogen and oxygen atoms in total. The largest absolute Gasteiger partial charge is 0.464 e. The van der Waals surface area contributed by atoms with Crippen molar-refractivity contribution in [3.8, 4) is 0 Å². The van der Waals surface area contributed by atoms with Crippen LogP contribution in [0.5, 0.6) is 0 Å². The van der Waals surface area contributed by atoms with Crippen LogP contribution in [0.25, 0.3) is 0 Å². The molecule has 2 aliphatic rings. The van der Waals surface area contributed by atoms with Gasteiger partial charge in [-0.3, -0.25) is 4.90 Å². The summed E-state index contributed by atoms with van der Waals surface area (Å²) in [6, 6.07) is 4.27. The molecule has 2 saturated heterocycles. The zero-order valence-corrected chi connectivity index (χ0v) is 13.3. The third-order valence-electron chi connectivity index (χ3n) is 3.88. The number of halogens is 2. The van der Waals surface area contributed by atoms with Gasteiger partial charge in [-0.05, 0) is 18.6 Å². The van der Waals surface area contributed by atoms with Gasteiger partial charge in [0.15, 0.2) is 0 Å². The molecule has 0 N–H and O–H groups in total. The lowest BCUT2D eigenvalue weighted by molar-refractivity contribution is 0.0327. The van der Waals surface area contributed by atoms with E-state index in [-0.39, 0.29) is 5.75 Å². The summed E-state index contributed by atoms with van der Waals surface area (Å²) in [4.78, 5) is 2.45. The van der Waals surface area contributed by atoms with E-state index >= 15 is 0 Å². The standard InChI is InChI=1S/C14H19F2NO2S2/c15-14(16)21-9-11-2-1-10(19-11)7-17-4-6-20-13-8-18-5-3-12(13)17/h1-2,12-14H,3-9H2/t12-,13+/m1/s1. The first kappa shape index (κ1) is 15.6. The molecule has 2 aliphatic heterocycles. The minimum atomic E-state index is -2.35. The van der Waals surface area contributed by atoms with Crippen molar-refractivity contribution < 1.29 is 17.9 Å². The molecule has 0 unspecified atom stereocenters. The van der Waals surface area contributed by atoms with Gasteiger partial charge >= 0.3 is 0 Å². The topological polar surface area (TPSA) is 25.6 Å². The molecule has 2 fully saturated rings. The van der Waals surface area contributed by atoms with Crippen molar-refractivity contribution in [2.45, 2.75) is 35.8 Å². The molecule has 1 aromatic rings. The van der Waals surface area contributed by atoms with Crippen molar-refractivity contribution in [1.29, 1.82) is 0 Å². The van der Waals surface area contributed by atoms with Gasteiger partial charge < -0.3 is 9.15 Å². The normalized spacial score (nSPS) is 27.0. The van der Waals surface area contributed by atoms with Crippen molar-refractivity contribution in [3.63, 3.8) is 0 Å². The fourth-order valence-electron chi connectivity index (χ4n) is 2.89. The number of nitrogens with zero attached hydrogens (tertiary/aromatic N) is 1. The van der Waals surface area contributed by atoms with Crippen molar-refractivity contribution >= 4 is 23.5 Å². The zero-order valence-electron chi connectivity index (χ0n) is 11.7. The van der Waals surface area contributed by atoms with E-state index in [2.05, 4.69) is 4.90 Å². The Labute approximate surface area is 131 Å². The smallest absolute Gasteiger partial charge is 0.284 e. The highest BCUT2D eigenvalue weighted by Crippen LogP contribution is 2.31. The second-order valence-electron chi connectivity index (χ2n) is 5.25. The fraction of sp³-hybridized carbons (Fsp3) is 0.714. The molecule has 0 radical (unpaired) electrons. The maximum atomic E-state index is 12.2. The Bertz CT molecular complexity index is 456. The quantitative estimate of drug-likeness (QED) is 0.821. The second kappa shape index (κ2) is 7.35. The molecule has 0 saturated carbocycles. The van der Waals surface area contributed by atoms with Gasteiger partial charge in [0.2, 0.25) is 0 Å². The molecule has 0 bridgehead atoms. The van der Waals surface area contributed by atoms with E-state index in [1.54, 1.807) is 0 Å². The Hall–Kier alpha value is -0.240. The third kappa shape index (κ3) is 4.15. The van der Waals surface area contributed by atoms with Crippen LogP contribution in [0, 0.1) is 0 Å². The number of rotatable bonds is 5. The van der Waals surface area contributed by atoms with Gasteiger partial charge in [-0.2, -0.15) is 20.5 Å². The molecule has 0 spiro atoms. The van der Waals surface area contributed by atoms with Crippen LogP contribution in [0.3, 0.4) is 0 Å². The summed E-state index contributed by atoms with van der Waals surface area (Å²) in [5, 5.41) is 0.552. The second-order valence-corrected chi connectivity index (χ2v) is 7.58. The van der Waals surface area contributed by atoms with Crippen LogP contribution < -0.4 is 0 Å². The van der Waals surface area contributed by atoms with Crippen LogP contribution in [0.1, 0.15) is 17.9 Å². The lowest BCUT2D eigenvalue weighted by Crippen LogP contribution is -2.51. The van der Waals surface area contributed by atoms with Gasteiger partial charge in [0.05, 0.1) is 18.9 Å². The lowest BCUT2D eigenvalue weighted by Gasteiger charge is -2.43. The van der Waals surface area contributed by atoms with Crippen LogP contribution in [-0.4, -0.2) is 47.5 Å². The third-order valence-corrected chi connectivity index (χ3v) is 5.88. The molecular formula is C14H19F2NO2S2. The highest BCUT2D eigenvalue weighted by molar-refractivity contribution is 8.00. The average molecular weight is 335 g/mol. The Balaban J connectivity index is 1.57. The minimum absolute atomic E-state index is 0.230. The van der Waals surface area contributed by atoms with Gasteiger partial charge in [0, 0.05) is 30.2 Å². The van der Waals surface area contributed by atoms with Gasteiger partial charge in [0.25, 0.3) is 5.76 Å². The summed E-state index contributed by atoms with van der Waals surface area (Å²) < 4.78 is 35.6. The highest BCUT2D eigenvalue weighted by Gasteiger charge is 2.34. The SMILES string of the molecule is FC(F)SCc1ccc(CN2CCS[C@H]3COCC[C@H]32)o1. The number of fused-ring (bicyclic) bond motifs is 1. The van der Waals surface area contributed by atoms with E-state index in [1.165, 1.54) is 0 Å². The molecular weight excluding hydrogens is 316 g/mol. The van der Waals surface area contributed by atoms with Crippen molar-refractivity contribution in [3.05, 3.63) is 23.7 Å². The molecule has 118 valence electrons. The van der Waals surface area contributed by atoms with E-state index in [0.717, 1.165) is 44.2 Å². The summed E-state index contributed by atoms with van der Waals surface area (Å²) in [6.45, 7) is 3.47. The van der Waals surface area contributed by atoms with Crippen molar-refractivity contribution in [1.82, 2.24) is 4.90 Å². The van der Waals surface area contributed by atoms with Crippen LogP contribution in [0.4, 0.5) is 8.78 Å². The van der Waals surface area contributed by atoms with E-state index in [0.29, 0.717) is 28.8 Å². The molecule has 3 rings (SSSR count). The maximum absolute atomic E-state index is 12.2. The molecule has 7 heteroatoms. The van der Waals surface area contributed by atoms with Crippen molar-refractivity contribution in [2.24, 2.45) is 0 Å². The summed E-state index contributed by atoms with van der Waals surface area (Å²) in [7, 11) is 0. The molecule has 0 amide bonds. The number of hydrogen-bond acceptors (Lipinski definition) is 5. The average Bonchev–Trinajstić information content (AvgIpc) is 2.93. The monoisotopic (exact) mass is 335 g/mol. The van der Waals surface area contributed by atoms with E-state index < -0.39 is 5.76 Å². The number of ether oxygens (including phenoxy) is 1. The Morgan fingerprint density at radius 2 is 2.24 bits per heavy atom. The Morgan fingerprint density at radius 1 is 1.38 bits per heavy atom.